The molecule has 528 valence electrons. The van der Waals surface area contributed by atoms with Gasteiger partial charge in [0.25, 0.3) is 0 Å². The molecular formula is C62H101F2N15O15. The number of likely N-dealkylation sites (N-methyl/N-ethyl adjacent to an activating group) is 1. The topological polar surface area (TPSA) is 475 Å². The molecule has 0 bridgehead atoms. The van der Waals surface area contributed by atoms with Crippen LogP contribution in [0.1, 0.15) is 139 Å². The molecule has 1 spiro atoms. The van der Waals surface area contributed by atoms with E-state index in [4.69, 9.17) is 21.6 Å². The van der Waals surface area contributed by atoms with Crippen LogP contribution in [0.15, 0.2) is 30.3 Å². The maximum atomic E-state index is 14.5. The summed E-state index contributed by atoms with van der Waals surface area (Å²) in [6.07, 6.45) is -4.53. The number of carbonyl (C=O) groups is 12. The Bertz CT molecular complexity index is 2770. The summed E-state index contributed by atoms with van der Waals surface area (Å²) < 4.78 is 33.3. The summed E-state index contributed by atoms with van der Waals surface area (Å²) in [5.74, 6) is -15.8. The molecular weight excluding hydrogens is 1230 g/mol. The van der Waals surface area contributed by atoms with E-state index in [0.717, 1.165) is 5.56 Å². The number of aliphatic hydroxyl groups is 2. The quantitative estimate of drug-likeness (QED) is 0.0145. The van der Waals surface area contributed by atoms with E-state index in [-0.39, 0.29) is 45.1 Å². The number of carbonyl (C=O) groups excluding carboxylic acids is 12. The van der Waals surface area contributed by atoms with Crippen LogP contribution in [-0.2, 0) is 68.7 Å². The number of alkyl halides is 2. The molecule has 2 fully saturated rings. The van der Waals surface area contributed by atoms with Gasteiger partial charge in [-0.25, -0.2) is 13.6 Å². The number of guanidine groups is 1. The summed E-state index contributed by atoms with van der Waals surface area (Å²) in [6, 6.07) is -5.59. The number of benzene rings is 1. The van der Waals surface area contributed by atoms with Gasteiger partial charge >= 0.3 is 5.97 Å². The van der Waals surface area contributed by atoms with Crippen LogP contribution in [0.2, 0.25) is 0 Å². The van der Waals surface area contributed by atoms with Crippen LogP contribution in [0.25, 0.3) is 0 Å². The molecule has 1 heterocycles. The zero-order valence-electron chi connectivity index (χ0n) is 55.4. The van der Waals surface area contributed by atoms with E-state index in [9.17, 15) is 76.5 Å². The number of primary amides is 1. The number of rotatable bonds is 37. The summed E-state index contributed by atoms with van der Waals surface area (Å²) in [6.45, 7) is 12.4. The number of cyclic esters (lactones) is 1. The van der Waals surface area contributed by atoms with Gasteiger partial charge in [0, 0.05) is 19.4 Å². The summed E-state index contributed by atoms with van der Waals surface area (Å²) in [4.78, 5) is 168. The molecule has 30 nitrogen and oxygen atoms in total. The number of aryl methyl sites for hydroxylation is 1. The minimum atomic E-state index is -2.88. The smallest absolute Gasteiger partial charge is 0.329 e. The minimum absolute atomic E-state index is 0.0104. The molecule has 0 aromatic heterocycles. The highest BCUT2D eigenvalue weighted by atomic mass is 19.3. The third kappa shape index (κ3) is 24.0. The van der Waals surface area contributed by atoms with Gasteiger partial charge in [0.15, 0.2) is 5.96 Å². The highest BCUT2D eigenvalue weighted by molar-refractivity contribution is 6.01. The third-order valence-corrected chi connectivity index (χ3v) is 17.6. The molecule has 32 heteroatoms. The normalized spacial score (nSPS) is 22.6. The Kier molecular flexibility index (Phi) is 33.2. The lowest BCUT2D eigenvalue weighted by Crippen LogP contribution is -2.63. The van der Waals surface area contributed by atoms with Gasteiger partial charge in [-0.15, -0.1) is 0 Å². The number of esters is 1. The Morgan fingerprint density at radius 1 is 0.681 bits per heavy atom. The van der Waals surface area contributed by atoms with Crippen molar-refractivity contribution in [3.63, 3.8) is 0 Å². The van der Waals surface area contributed by atoms with Crippen LogP contribution < -0.4 is 75.3 Å². The van der Waals surface area contributed by atoms with Crippen molar-refractivity contribution < 1.29 is 81.3 Å². The van der Waals surface area contributed by atoms with Gasteiger partial charge in [-0.05, 0) is 87.6 Å². The second-order valence-corrected chi connectivity index (χ2v) is 24.5. The summed E-state index contributed by atoms with van der Waals surface area (Å²) in [5.41, 5.74) is 9.96. The van der Waals surface area contributed by atoms with E-state index >= 15 is 0 Å². The van der Waals surface area contributed by atoms with Gasteiger partial charge in [0.1, 0.15) is 66.0 Å². The number of hydrogen-bond donors (Lipinski definition) is 17. The summed E-state index contributed by atoms with van der Waals surface area (Å²) in [7, 11) is 1.60. The lowest BCUT2D eigenvalue weighted by Gasteiger charge is -2.31. The molecule has 1 aromatic rings. The van der Waals surface area contributed by atoms with E-state index in [1.54, 1.807) is 62.4 Å². The van der Waals surface area contributed by atoms with Crippen molar-refractivity contribution in [3.8, 4) is 0 Å². The zero-order valence-corrected chi connectivity index (χ0v) is 55.4. The fourth-order valence-corrected chi connectivity index (χ4v) is 10.6. The van der Waals surface area contributed by atoms with E-state index in [1.165, 1.54) is 6.92 Å². The SMILES string of the molecule is CC[C@H](C)[C@H](NC(=O)[C@@H](CCc1ccccc1)NC)C(=O)N[C@@H](CO)C(=O)N[C@H](CCC(N)=O)C(=O)N[C@@H](C(=O)N[C@H](C(=O)N[C@@H](CO)C(=O)N[C@H]1C(=O)N[C@@H](CCCNC(=N)N)C(=O)NC2(CC2CC(F)F)C(=O)N[C@@H]([C@@H](C)CC)C(=O)O[C@H]1C)[C@@H](C)CC)[C@@H](C)CC. The predicted molar refractivity (Wildman–Crippen MR) is 340 cm³/mol. The molecule has 2 unspecified atom stereocenters. The van der Waals surface area contributed by atoms with Crippen LogP contribution in [-0.4, -0.2) is 192 Å². The van der Waals surface area contributed by atoms with Crippen molar-refractivity contribution in [3.05, 3.63) is 35.9 Å². The second-order valence-electron chi connectivity index (χ2n) is 24.5. The first kappa shape index (κ1) is 80.1. The summed E-state index contributed by atoms with van der Waals surface area (Å²) >= 11 is 0. The second kappa shape index (κ2) is 38.9. The zero-order chi connectivity index (χ0) is 70.7. The van der Waals surface area contributed by atoms with Gasteiger partial charge in [-0.1, -0.05) is 111 Å². The van der Waals surface area contributed by atoms with Crippen LogP contribution >= 0.6 is 0 Å². The predicted octanol–water partition coefficient (Wildman–Crippen LogP) is -2.26. The fraction of sp³-hybridized carbons (Fsp3) is 0.694. The molecule has 17 atom stereocenters. The molecule has 2 aliphatic rings. The molecule has 1 aliphatic heterocycles. The van der Waals surface area contributed by atoms with Crippen molar-refractivity contribution in [1.29, 1.82) is 5.41 Å². The molecule has 0 radical (unpaired) electrons. The molecule has 1 aliphatic carbocycles. The Balaban J connectivity index is 1.91. The first-order valence-electron chi connectivity index (χ1n) is 32.2. The lowest BCUT2D eigenvalue weighted by molar-refractivity contribution is -0.157. The standard InChI is InChI=1S/C62H101F2N15O15/c1-11-31(5)45(74-50(83)38(68-10)23-22-36-19-16-15-17-20-36)55(88)72-41(29-80)52(85)70-40(24-25-44(65)82)51(84)75-47(33(7)13-3)57(90)76-46(32(6)12-2)56(89)73-42(30-81)53(86)77-49-35(9)94-59(92)48(34(8)14-4)78-60(93)62(28-37(62)27-43(63)64)79-54(87)39(71-58(49)91)21-18-26-69-61(66)67/h15-17,19-20,31-35,37-43,45-49,68,80-81H,11-14,18,21-30H2,1-10H3,(H2,65,82)(H,70,85)(H,71,91)(H,72,88)(H,73,89)(H,74,83)(H,75,84)(H,76,90)(H,77,86)(H,78,93)(H,79,87)(H4,66,67,69)/t31-,32-,33-,34-,35-,37?,38+,39-,40+,41-,42-,45-,46-,47+,48-,49+,62?/m0/s1. The van der Waals surface area contributed by atoms with Crippen LogP contribution in [0, 0.1) is 35.0 Å². The number of ether oxygens (including phenoxy) is 1. The van der Waals surface area contributed by atoms with E-state index < -0.39 is 217 Å². The largest absolute Gasteiger partial charge is 0.458 e. The van der Waals surface area contributed by atoms with Gasteiger partial charge in [0.05, 0.1) is 19.3 Å². The van der Waals surface area contributed by atoms with E-state index in [1.807, 2.05) is 30.3 Å². The van der Waals surface area contributed by atoms with Gasteiger partial charge in [-0.3, -0.25) is 58.1 Å². The Morgan fingerprint density at radius 3 is 1.67 bits per heavy atom. The average Bonchev–Trinajstić information content (AvgIpc) is 1.58. The van der Waals surface area contributed by atoms with Crippen LogP contribution in [0.5, 0.6) is 0 Å². The van der Waals surface area contributed by atoms with Crippen LogP contribution in [0.3, 0.4) is 0 Å². The van der Waals surface area contributed by atoms with Crippen molar-refractivity contribution in [1.82, 2.24) is 63.8 Å². The van der Waals surface area contributed by atoms with Crippen LogP contribution in [0.4, 0.5) is 8.78 Å². The van der Waals surface area contributed by atoms with Crippen molar-refractivity contribution >= 4 is 76.9 Å². The molecule has 3 rings (SSSR count). The maximum Gasteiger partial charge on any atom is 0.329 e. The number of halogens is 2. The number of amides is 11. The highest BCUT2D eigenvalue weighted by Gasteiger charge is 2.62. The highest BCUT2D eigenvalue weighted by Crippen LogP contribution is 2.48. The fourth-order valence-electron chi connectivity index (χ4n) is 10.6. The Hall–Kier alpha value is -8.13. The Labute approximate surface area is 547 Å². The molecule has 1 aromatic carbocycles. The maximum absolute atomic E-state index is 14.5. The van der Waals surface area contributed by atoms with Crippen molar-refractivity contribution in [2.24, 2.45) is 41.1 Å². The molecule has 11 amide bonds. The monoisotopic (exact) mass is 1330 g/mol. The number of aliphatic hydroxyl groups excluding tert-OH is 2. The lowest BCUT2D eigenvalue weighted by atomic mass is 9.94. The molecule has 19 N–H and O–H groups in total. The first-order chi connectivity index (χ1) is 44.4. The number of nitrogens with one attached hydrogen (secondary N) is 13. The third-order valence-electron chi connectivity index (χ3n) is 17.6. The Morgan fingerprint density at radius 2 is 1.18 bits per heavy atom. The average molecular weight is 1330 g/mol. The molecule has 1 saturated heterocycles. The molecule has 1 saturated carbocycles. The molecule has 94 heavy (non-hydrogen) atoms. The van der Waals surface area contributed by atoms with Crippen molar-refractivity contribution in [2.75, 3.05) is 26.8 Å². The van der Waals surface area contributed by atoms with E-state index in [0.29, 0.717) is 19.3 Å². The number of nitrogens with two attached hydrogens (primary N) is 2. The first-order valence-corrected chi connectivity index (χ1v) is 32.2. The van der Waals surface area contributed by atoms with Gasteiger partial charge in [0.2, 0.25) is 71.4 Å². The van der Waals surface area contributed by atoms with E-state index in [2.05, 4.69) is 63.8 Å². The van der Waals surface area contributed by atoms with Crippen molar-refractivity contribution in [2.45, 2.75) is 218 Å². The van der Waals surface area contributed by atoms with Gasteiger partial charge < -0.3 is 90.2 Å². The van der Waals surface area contributed by atoms with Gasteiger partial charge in [-0.2, -0.15) is 0 Å². The number of hydrogen-bond acceptors (Lipinski definition) is 17. The minimum Gasteiger partial charge on any atom is -0.458 e. The summed E-state index contributed by atoms with van der Waals surface area (Å²) in [5, 5.41) is 59.3.